The van der Waals surface area contributed by atoms with Crippen molar-refractivity contribution in [1.29, 1.82) is 0 Å². The number of hydrogen-bond donors (Lipinski definition) is 1. The van der Waals surface area contributed by atoms with Gasteiger partial charge in [-0.25, -0.2) is 0 Å². The van der Waals surface area contributed by atoms with Gasteiger partial charge in [0.15, 0.2) is 5.11 Å². The Morgan fingerprint density at radius 2 is 1.86 bits per heavy atom. The topological polar surface area (TPSA) is 60.8 Å². The molecule has 0 unspecified atom stereocenters. The maximum Gasteiger partial charge on any atom is 0.174 e. The summed E-state index contributed by atoms with van der Waals surface area (Å²) in [5, 5.41) is 4.59. The Hall–Kier alpha value is -3.59. The van der Waals surface area contributed by atoms with Crippen LogP contribution in [0, 0.1) is 0 Å². The van der Waals surface area contributed by atoms with Gasteiger partial charge in [0.25, 0.3) is 0 Å². The lowest BCUT2D eigenvalue weighted by molar-refractivity contribution is 0.146. The van der Waals surface area contributed by atoms with E-state index in [2.05, 4.69) is 31.9 Å². The number of benzene rings is 2. The number of methoxy groups -OCH3 is 2. The molecule has 0 saturated carbocycles. The van der Waals surface area contributed by atoms with Crippen LogP contribution in [0.3, 0.4) is 0 Å². The third kappa shape index (κ3) is 5.13. The monoisotopic (exact) mass is 534 g/mol. The third-order valence-corrected chi connectivity index (χ3v) is 6.86. The molecule has 2 aromatic carbocycles. The van der Waals surface area contributed by atoms with Gasteiger partial charge < -0.3 is 29.0 Å². The van der Waals surface area contributed by atoms with Gasteiger partial charge in [0.05, 0.1) is 30.5 Å². The van der Waals surface area contributed by atoms with E-state index in [1.54, 1.807) is 20.4 Å². The molecule has 0 radical (unpaired) electrons. The molecule has 0 spiro atoms. The van der Waals surface area contributed by atoms with E-state index < -0.39 is 0 Å². The molecule has 0 amide bonds. The van der Waals surface area contributed by atoms with Crippen LogP contribution in [0.2, 0.25) is 5.02 Å². The molecule has 3 heterocycles. The largest absolute Gasteiger partial charge is 0.497 e. The predicted octanol–water partition coefficient (Wildman–Crippen LogP) is 5.74. The first kappa shape index (κ1) is 25.1. The third-order valence-electron chi connectivity index (χ3n) is 6.25. The van der Waals surface area contributed by atoms with Crippen LogP contribution in [0.1, 0.15) is 23.5 Å². The van der Waals surface area contributed by atoms with Crippen molar-refractivity contribution in [2.75, 3.05) is 32.3 Å². The SMILES string of the molecule is COCCOc1ccc(N2C(=S)N[C@H](c3ccccn3)[C@@H]2c2cccn2-c2cccc(OC)c2)cc1Cl. The second-order valence-corrected chi connectivity index (χ2v) is 9.25. The van der Waals surface area contributed by atoms with Crippen molar-refractivity contribution in [1.82, 2.24) is 14.9 Å². The lowest BCUT2D eigenvalue weighted by atomic mass is 10.0. The van der Waals surface area contributed by atoms with Crippen molar-refractivity contribution in [3.05, 3.63) is 102 Å². The Labute approximate surface area is 226 Å². The second kappa shape index (κ2) is 11.2. The van der Waals surface area contributed by atoms with Gasteiger partial charge in [-0.15, -0.1) is 0 Å². The van der Waals surface area contributed by atoms with Crippen LogP contribution >= 0.6 is 23.8 Å². The highest BCUT2D eigenvalue weighted by atomic mass is 35.5. The molecule has 1 aliphatic heterocycles. The van der Waals surface area contributed by atoms with E-state index in [0.717, 1.165) is 28.5 Å². The Kier molecular flexibility index (Phi) is 7.60. The summed E-state index contributed by atoms with van der Waals surface area (Å²) >= 11 is 12.5. The summed E-state index contributed by atoms with van der Waals surface area (Å²) in [5.41, 5.74) is 3.76. The highest BCUT2D eigenvalue weighted by molar-refractivity contribution is 7.80. The molecule has 9 heteroatoms. The number of anilines is 1. The Bertz CT molecular complexity index is 1380. The minimum Gasteiger partial charge on any atom is -0.497 e. The minimum atomic E-state index is -0.208. The molecule has 0 bridgehead atoms. The maximum absolute atomic E-state index is 6.63. The molecule has 7 nitrogen and oxygen atoms in total. The summed E-state index contributed by atoms with van der Waals surface area (Å²) in [5.74, 6) is 1.38. The first-order chi connectivity index (χ1) is 18.1. The number of aromatic nitrogens is 2. The summed E-state index contributed by atoms with van der Waals surface area (Å²) < 4.78 is 18.5. The molecule has 5 rings (SSSR count). The summed E-state index contributed by atoms with van der Waals surface area (Å²) in [7, 11) is 3.30. The van der Waals surface area contributed by atoms with Crippen molar-refractivity contribution in [3.8, 4) is 17.2 Å². The van der Waals surface area contributed by atoms with Gasteiger partial charge in [-0.1, -0.05) is 23.7 Å². The van der Waals surface area contributed by atoms with Gasteiger partial charge >= 0.3 is 0 Å². The molecule has 1 saturated heterocycles. The average molecular weight is 535 g/mol. The minimum absolute atomic E-state index is 0.190. The summed E-state index contributed by atoms with van der Waals surface area (Å²) in [6.07, 6.45) is 3.84. The van der Waals surface area contributed by atoms with Crippen LogP contribution in [0.5, 0.6) is 11.5 Å². The number of hydrogen-bond acceptors (Lipinski definition) is 5. The number of rotatable bonds is 9. The van der Waals surface area contributed by atoms with E-state index >= 15 is 0 Å². The van der Waals surface area contributed by atoms with Crippen molar-refractivity contribution in [2.24, 2.45) is 0 Å². The second-order valence-electron chi connectivity index (χ2n) is 8.46. The lowest BCUT2D eigenvalue weighted by Gasteiger charge is -2.29. The van der Waals surface area contributed by atoms with E-state index in [1.807, 2.05) is 66.9 Å². The molecule has 2 aromatic heterocycles. The molecule has 4 aromatic rings. The molecule has 2 atom stereocenters. The van der Waals surface area contributed by atoms with E-state index in [4.69, 9.17) is 38.0 Å². The standard InChI is InChI=1S/C28H27ClN4O3S/c1-34-15-16-36-25-12-11-20(18-22(25)29)33-27(26(31-28(33)37)23-9-3-4-13-30-23)24-10-6-14-32(24)19-7-5-8-21(17-19)35-2/h3-14,17-18,26-27H,15-16H2,1-2H3,(H,31,37)/t26-,27+/m1/s1. The van der Waals surface area contributed by atoms with Crippen LogP contribution in [-0.2, 0) is 4.74 Å². The Morgan fingerprint density at radius 1 is 0.973 bits per heavy atom. The number of ether oxygens (including phenoxy) is 3. The zero-order valence-corrected chi connectivity index (χ0v) is 22.1. The number of halogens is 1. The van der Waals surface area contributed by atoms with Gasteiger partial charge in [0.2, 0.25) is 0 Å². The van der Waals surface area contributed by atoms with Crippen LogP contribution in [-0.4, -0.2) is 42.1 Å². The van der Waals surface area contributed by atoms with Crippen molar-refractivity contribution < 1.29 is 14.2 Å². The molecule has 1 aliphatic rings. The van der Waals surface area contributed by atoms with Crippen molar-refractivity contribution in [2.45, 2.75) is 12.1 Å². The smallest absolute Gasteiger partial charge is 0.174 e. The fraction of sp³-hybridized carbons (Fsp3) is 0.214. The van der Waals surface area contributed by atoms with Crippen LogP contribution in [0.25, 0.3) is 5.69 Å². The first-order valence-corrected chi connectivity index (χ1v) is 12.6. The van der Waals surface area contributed by atoms with E-state index in [1.165, 1.54) is 0 Å². The lowest BCUT2D eigenvalue weighted by Crippen LogP contribution is -2.30. The maximum atomic E-state index is 6.63. The molecule has 37 heavy (non-hydrogen) atoms. The quantitative estimate of drug-likeness (QED) is 0.217. The van der Waals surface area contributed by atoms with Gasteiger partial charge in [-0.3, -0.25) is 4.98 Å². The molecule has 1 N–H and O–H groups in total. The van der Waals surface area contributed by atoms with Crippen molar-refractivity contribution >= 4 is 34.6 Å². The molecular formula is C28H27ClN4O3S. The number of thiocarbonyl (C=S) groups is 1. The van der Waals surface area contributed by atoms with Crippen molar-refractivity contribution in [3.63, 3.8) is 0 Å². The molecule has 0 aliphatic carbocycles. The summed E-state index contributed by atoms with van der Waals surface area (Å²) in [4.78, 5) is 6.74. The number of pyridine rings is 1. The van der Waals surface area contributed by atoms with Gasteiger partial charge in [0.1, 0.15) is 24.1 Å². The molecular weight excluding hydrogens is 508 g/mol. The van der Waals surface area contributed by atoms with E-state index in [-0.39, 0.29) is 12.1 Å². The summed E-state index contributed by atoms with van der Waals surface area (Å²) in [6, 6.07) is 23.3. The molecule has 190 valence electrons. The van der Waals surface area contributed by atoms with E-state index in [9.17, 15) is 0 Å². The zero-order chi connectivity index (χ0) is 25.8. The number of nitrogens with one attached hydrogen (secondary N) is 1. The van der Waals surface area contributed by atoms with Gasteiger partial charge in [-0.2, -0.15) is 0 Å². The Balaban J connectivity index is 1.59. The van der Waals surface area contributed by atoms with Crippen LogP contribution in [0.4, 0.5) is 5.69 Å². The summed E-state index contributed by atoms with van der Waals surface area (Å²) in [6.45, 7) is 0.894. The first-order valence-electron chi connectivity index (χ1n) is 11.8. The zero-order valence-electron chi connectivity index (χ0n) is 20.5. The van der Waals surface area contributed by atoms with Gasteiger partial charge in [0, 0.05) is 42.6 Å². The fourth-order valence-electron chi connectivity index (χ4n) is 4.56. The normalized spacial score (nSPS) is 17.1. The average Bonchev–Trinajstić information content (AvgIpc) is 3.54. The fourth-order valence-corrected chi connectivity index (χ4v) is 5.13. The number of nitrogens with zero attached hydrogens (tertiary/aromatic N) is 3. The predicted molar refractivity (Wildman–Crippen MR) is 149 cm³/mol. The highest BCUT2D eigenvalue weighted by Crippen LogP contribution is 2.43. The van der Waals surface area contributed by atoms with Gasteiger partial charge in [-0.05, 0) is 66.8 Å². The van der Waals surface area contributed by atoms with Crippen LogP contribution in [0.15, 0.2) is 85.2 Å². The highest BCUT2D eigenvalue weighted by Gasteiger charge is 2.42. The van der Waals surface area contributed by atoms with E-state index in [0.29, 0.717) is 29.1 Å². The Morgan fingerprint density at radius 3 is 2.62 bits per heavy atom. The van der Waals surface area contributed by atoms with Crippen LogP contribution < -0.4 is 19.7 Å². The molecule has 1 fully saturated rings.